The molecule has 0 spiro atoms. The predicted molar refractivity (Wildman–Crippen MR) is 59.3 cm³/mol. The van der Waals surface area contributed by atoms with Crippen molar-refractivity contribution in [2.24, 2.45) is 5.92 Å². The number of nitrogens with zero attached hydrogens (tertiary/aromatic N) is 2. The lowest BCUT2D eigenvalue weighted by Gasteiger charge is -2.10. The van der Waals surface area contributed by atoms with E-state index in [1.807, 2.05) is 6.92 Å². The standard InChI is InChI=1S/C11H17N3O3/c1-2-3-8-13-9(17-14-8)6-12-10(11(15)16)7-4-5-7/h7,10,12H,2-6H2,1H3,(H,15,16). The van der Waals surface area contributed by atoms with Crippen LogP contribution >= 0.6 is 0 Å². The maximum absolute atomic E-state index is 11.0. The molecule has 1 aromatic heterocycles. The molecular formula is C11H17N3O3. The number of rotatable bonds is 7. The summed E-state index contributed by atoms with van der Waals surface area (Å²) in [6.45, 7) is 2.37. The third-order valence-corrected chi connectivity index (χ3v) is 2.82. The van der Waals surface area contributed by atoms with Crippen molar-refractivity contribution in [3.8, 4) is 0 Å². The largest absolute Gasteiger partial charge is 0.480 e. The van der Waals surface area contributed by atoms with E-state index in [0.29, 0.717) is 18.3 Å². The minimum atomic E-state index is -0.805. The summed E-state index contributed by atoms with van der Waals surface area (Å²) in [7, 11) is 0. The molecule has 1 atom stereocenters. The highest BCUT2D eigenvalue weighted by molar-refractivity contribution is 5.74. The molecule has 1 saturated carbocycles. The highest BCUT2D eigenvalue weighted by atomic mass is 16.5. The van der Waals surface area contributed by atoms with E-state index < -0.39 is 12.0 Å². The molecule has 0 amide bonds. The summed E-state index contributed by atoms with van der Waals surface area (Å²) in [6.07, 6.45) is 3.71. The Morgan fingerprint density at radius 1 is 1.65 bits per heavy atom. The van der Waals surface area contributed by atoms with Crippen LogP contribution < -0.4 is 5.32 Å². The number of carboxylic acid groups (broad SMARTS) is 1. The Morgan fingerprint density at radius 2 is 2.41 bits per heavy atom. The minimum absolute atomic E-state index is 0.255. The molecule has 94 valence electrons. The van der Waals surface area contributed by atoms with E-state index in [9.17, 15) is 4.79 Å². The third kappa shape index (κ3) is 3.26. The SMILES string of the molecule is CCCc1noc(CNC(C(=O)O)C2CC2)n1. The molecule has 17 heavy (non-hydrogen) atoms. The maximum atomic E-state index is 11.0. The Kier molecular flexibility index (Phi) is 3.73. The fraction of sp³-hybridized carbons (Fsp3) is 0.727. The first-order valence-corrected chi connectivity index (χ1v) is 5.98. The topological polar surface area (TPSA) is 88.2 Å². The van der Waals surface area contributed by atoms with Crippen molar-refractivity contribution < 1.29 is 14.4 Å². The maximum Gasteiger partial charge on any atom is 0.320 e. The molecule has 1 aromatic rings. The second kappa shape index (κ2) is 5.27. The summed E-state index contributed by atoms with van der Waals surface area (Å²) < 4.78 is 5.03. The van der Waals surface area contributed by atoms with E-state index in [2.05, 4.69) is 15.5 Å². The summed E-state index contributed by atoms with van der Waals surface area (Å²) in [5.41, 5.74) is 0. The lowest BCUT2D eigenvalue weighted by Crippen LogP contribution is -2.38. The molecule has 1 aliphatic carbocycles. The summed E-state index contributed by atoms with van der Waals surface area (Å²) in [4.78, 5) is 15.2. The van der Waals surface area contributed by atoms with Crippen LogP contribution in [0.1, 0.15) is 37.9 Å². The summed E-state index contributed by atoms with van der Waals surface area (Å²) >= 11 is 0. The smallest absolute Gasteiger partial charge is 0.320 e. The molecule has 0 saturated heterocycles. The fourth-order valence-electron chi connectivity index (χ4n) is 1.77. The van der Waals surface area contributed by atoms with Gasteiger partial charge in [0, 0.05) is 6.42 Å². The van der Waals surface area contributed by atoms with Crippen LogP contribution in [0.2, 0.25) is 0 Å². The molecule has 1 fully saturated rings. The monoisotopic (exact) mass is 239 g/mol. The summed E-state index contributed by atoms with van der Waals surface area (Å²) in [5, 5.41) is 15.8. The van der Waals surface area contributed by atoms with Gasteiger partial charge in [-0.15, -0.1) is 0 Å². The van der Waals surface area contributed by atoms with Gasteiger partial charge in [0.1, 0.15) is 6.04 Å². The normalized spacial score (nSPS) is 17.0. The third-order valence-electron chi connectivity index (χ3n) is 2.82. The van der Waals surface area contributed by atoms with Crippen LogP contribution in [-0.4, -0.2) is 27.3 Å². The van der Waals surface area contributed by atoms with Gasteiger partial charge in [0.05, 0.1) is 6.54 Å². The fourth-order valence-corrected chi connectivity index (χ4v) is 1.77. The van der Waals surface area contributed by atoms with Crippen molar-refractivity contribution in [3.63, 3.8) is 0 Å². The Bertz CT molecular complexity index is 387. The summed E-state index contributed by atoms with van der Waals surface area (Å²) in [5.74, 6) is 0.592. The van der Waals surface area contributed by atoms with E-state index in [0.717, 1.165) is 25.7 Å². The van der Waals surface area contributed by atoms with E-state index >= 15 is 0 Å². The zero-order chi connectivity index (χ0) is 12.3. The molecule has 0 bridgehead atoms. The average molecular weight is 239 g/mol. The van der Waals surface area contributed by atoms with Gasteiger partial charge in [0.15, 0.2) is 5.82 Å². The number of aryl methyl sites for hydroxylation is 1. The molecule has 0 aromatic carbocycles. The number of carbonyl (C=O) groups is 1. The zero-order valence-electron chi connectivity index (χ0n) is 9.85. The molecule has 6 nitrogen and oxygen atoms in total. The lowest BCUT2D eigenvalue weighted by atomic mass is 10.2. The van der Waals surface area contributed by atoms with Crippen LogP contribution in [0.3, 0.4) is 0 Å². The molecule has 1 aliphatic rings. The van der Waals surface area contributed by atoms with Gasteiger partial charge < -0.3 is 9.63 Å². The van der Waals surface area contributed by atoms with Gasteiger partial charge >= 0.3 is 5.97 Å². The highest BCUT2D eigenvalue weighted by Crippen LogP contribution is 2.32. The Balaban J connectivity index is 1.85. The Morgan fingerprint density at radius 3 is 3.00 bits per heavy atom. The van der Waals surface area contributed by atoms with Crippen LogP contribution in [-0.2, 0) is 17.8 Å². The molecule has 2 N–H and O–H groups in total. The van der Waals surface area contributed by atoms with E-state index in [-0.39, 0.29) is 5.92 Å². The van der Waals surface area contributed by atoms with Crippen molar-refractivity contribution in [1.29, 1.82) is 0 Å². The number of aromatic nitrogens is 2. The zero-order valence-corrected chi connectivity index (χ0v) is 9.85. The van der Waals surface area contributed by atoms with Crippen LogP contribution in [0.4, 0.5) is 0 Å². The molecule has 0 radical (unpaired) electrons. The number of nitrogens with one attached hydrogen (secondary N) is 1. The highest BCUT2D eigenvalue weighted by Gasteiger charge is 2.36. The first-order chi connectivity index (χ1) is 8.20. The second-order valence-electron chi connectivity index (χ2n) is 4.39. The Hall–Kier alpha value is -1.43. The van der Waals surface area contributed by atoms with Gasteiger partial charge in [-0.1, -0.05) is 12.1 Å². The molecule has 0 aliphatic heterocycles. The second-order valence-corrected chi connectivity index (χ2v) is 4.39. The van der Waals surface area contributed by atoms with Crippen LogP contribution in [0.5, 0.6) is 0 Å². The van der Waals surface area contributed by atoms with E-state index in [1.165, 1.54) is 0 Å². The predicted octanol–water partition coefficient (Wildman–Crippen LogP) is 0.975. The number of hydrogen-bond acceptors (Lipinski definition) is 5. The minimum Gasteiger partial charge on any atom is -0.480 e. The molecule has 1 heterocycles. The van der Waals surface area contributed by atoms with Crippen molar-refractivity contribution in [3.05, 3.63) is 11.7 Å². The van der Waals surface area contributed by atoms with Crippen LogP contribution in [0.15, 0.2) is 4.52 Å². The van der Waals surface area contributed by atoms with Gasteiger partial charge in [-0.3, -0.25) is 10.1 Å². The van der Waals surface area contributed by atoms with Gasteiger partial charge in [-0.25, -0.2) is 0 Å². The average Bonchev–Trinajstić information content (AvgIpc) is 3.01. The van der Waals surface area contributed by atoms with Gasteiger partial charge in [-0.2, -0.15) is 4.98 Å². The number of aliphatic carboxylic acids is 1. The van der Waals surface area contributed by atoms with Crippen molar-refractivity contribution >= 4 is 5.97 Å². The summed E-state index contributed by atoms with van der Waals surface area (Å²) in [6, 6.07) is -0.489. The van der Waals surface area contributed by atoms with Crippen LogP contribution in [0.25, 0.3) is 0 Å². The molecular weight excluding hydrogens is 222 g/mol. The van der Waals surface area contributed by atoms with Crippen LogP contribution in [0, 0.1) is 5.92 Å². The van der Waals surface area contributed by atoms with Crippen molar-refractivity contribution in [1.82, 2.24) is 15.5 Å². The first kappa shape index (κ1) is 12.0. The molecule has 1 unspecified atom stereocenters. The van der Waals surface area contributed by atoms with Crippen molar-refractivity contribution in [2.45, 2.75) is 45.2 Å². The van der Waals surface area contributed by atoms with E-state index in [1.54, 1.807) is 0 Å². The number of hydrogen-bond donors (Lipinski definition) is 2. The number of carboxylic acids is 1. The lowest BCUT2D eigenvalue weighted by molar-refractivity contribution is -0.140. The van der Waals surface area contributed by atoms with Crippen molar-refractivity contribution in [2.75, 3.05) is 0 Å². The first-order valence-electron chi connectivity index (χ1n) is 5.98. The quantitative estimate of drug-likeness (QED) is 0.737. The molecule has 6 heteroatoms. The van der Waals surface area contributed by atoms with Gasteiger partial charge in [0.25, 0.3) is 0 Å². The molecule has 2 rings (SSSR count). The van der Waals surface area contributed by atoms with Gasteiger partial charge in [0.2, 0.25) is 5.89 Å². The van der Waals surface area contributed by atoms with E-state index in [4.69, 9.17) is 9.63 Å². The Labute approximate surface area is 99.4 Å². The van der Waals surface area contributed by atoms with Gasteiger partial charge in [-0.05, 0) is 25.2 Å².